The lowest BCUT2D eigenvalue weighted by Gasteiger charge is -2.23. The number of allylic oxidation sites excluding steroid dienone is 1. The van der Waals surface area contributed by atoms with Crippen LogP contribution in [0.4, 0.5) is 32.3 Å². The number of nitrogens with zero attached hydrogens (tertiary/aromatic N) is 2. The highest BCUT2D eigenvalue weighted by atomic mass is 16.6. The molecule has 2 heterocycles. The average molecular weight is 790 g/mol. The minimum Gasteiger partial charge on any atom is -0.497 e. The van der Waals surface area contributed by atoms with Crippen molar-refractivity contribution in [1.82, 2.24) is 4.98 Å². The number of carbonyl (C=O) groups excluding carboxylic acids is 3. The van der Waals surface area contributed by atoms with Crippen LogP contribution in [0.2, 0.25) is 0 Å². The molecule has 10 nitrogen and oxygen atoms in total. The van der Waals surface area contributed by atoms with Crippen LogP contribution in [0.25, 0.3) is 28.2 Å². The van der Waals surface area contributed by atoms with Crippen molar-refractivity contribution in [2.24, 2.45) is 0 Å². The fraction of sp³-hybridized carbons (Fsp3) is 0.0200. The quantitative estimate of drug-likeness (QED) is 0.145. The van der Waals surface area contributed by atoms with Gasteiger partial charge in [-0.25, -0.2) is 19.4 Å². The average Bonchev–Trinajstić information content (AvgIpc) is 3.81. The predicted octanol–water partition coefficient (Wildman–Crippen LogP) is 12.1. The number of nitrogens with one attached hydrogen (secondary N) is 1. The van der Waals surface area contributed by atoms with Gasteiger partial charge in [0, 0.05) is 28.6 Å². The summed E-state index contributed by atoms with van der Waals surface area (Å²) in [5.74, 6) is -0.103. The second kappa shape index (κ2) is 16.2. The van der Waals surface area contributed by atoms with Gasteiger partial charge in [-0.2, -0.15) is 0 Å². The molecule has 1 aliphatic heterocycles. The summed E-state index contributed by atoms with van der Waals surface area (Å²) in [5.41, 5.74) is 5.29. The van der Waals surface area contributed by atoms with Gasteiger partial charge >= 0.3 is 12.2 Å². The van der Waals surface area contributed by atoms with Crippen molar-refractivity contribution in [2.75, 3.05) is 16.9 Å². The first kappa shape index (κ1) is 37.2. The molecule has 0 radical (unpaired) electrons. The largest absolute Gasteiger partial charge is 0.497 e. The molecule has 2 amide bonds. The normalized spacial score (nSPS) is 12.4. The second-order valence-corrected chi connectivity index (χ2v) is 13.7. The number of rotatable bonds is 9. The third-order valence-electron chi connectivity index (χ3n) is 9.92. The summed E-state index contributed by atoms with van der Waals surface area (Å²) in [5, 5.41) is 0.789. The molecule has 1 aliphatic rings. The standard InChI is InChI=1S/C50H35N3O7/c1-57-38-27-28-42-40(29-38)41(47(51-42)33-17-7-2-8-18-33)32-45-48(54)46-43(59-45)30-39(58-49(55)52(34-19-9-3-10-20-34)35-21-11-4-12-22-35)31-44(46)60-50(56)53(36-23-13-5-14-24-36)37-25-15-6-16-26-37/h2-32,51H,1H3/b45-32-. The van der Waals surface area contributed by atoms with Gasteiger partial charge in [0.25, 0.3) is 0 Å². The summed E-state index contributed by atoms with van der Waals surface area (Å²) >= 11 is 0. The van der Waals surface area contributed by atoms with E-state index in [4.69, 9.17) is 18.9 Å². The number of Topliss-reactive ketones (excluding diaryl/α,β-unsaturated/α-hetero) is 1. The summed E-state index contributed by atoms with van der Waals surface area (Å²) in [6, 6.07) is 54.3. The highest BCUT2D eigenvalue weighted by Crippen LogP contribution is 2.44. The monoisotopic (exact) mass is 789 g/mol. The molecule has 7 aromatic carbocycles. The molecule has 1 aromatic heterocycles. The summed E-state index contributed by atoms with van der Waals surface area (Å²) in [7, 11) is 1.59. The van der Waals surface area contributed by atoms with Crippen LogP contribution in [0.1, 0.15) is 15.9 Å². The van der Waals surface area contributed by atoms with Crippen molar-refractivity contribution in [1.29, 1.82) is 0 Å². The maximum Gasteiger partial charge on any atom is 0.424 e. The summed E-state index contributed by atoms with van der Waals surface area (Å²) < 4.78 is 24.1. The van der Waals surface area contributed by atoms with Gasteiger partial charge in [-0.15, -0.1) is 0 Å². The summed E-state index contributed by atoms with van der Waals surface area (Å²) in [4.78, 5) is 49.4. The Labute approximate surface area is 345 Å². The SMILES string of the molecule is COc1ccc2[nH]c(-c3ccccc3)c(/C=C3\Oc4cc(OC(=O)N(c5ccccc5)c5ccccc5)cc(OC(=O)N(c5ccccc5)c5ccccc5)c4C3=O)c2c1. The number of hydrogen-bond donors (Lipinski definition) is 1. The topological polar surface area (TPSA) is 110 Å². The molecule has 0 saturated carbocycles. The molecule has 1 N–H and O–H groups in total. The second-order valence-electron chi connectivity index (χ2n) is 13.7. The van der Waals surface area contributed by atoms with Crippen LogP contribution in [-0.4, -0.2) is 30.1 Å². The van der Waals surface area contributed by atoms with Gasteiger partial charge in [0.2, 0.25) is 5.78 Å². The predicted molar refractivity (Wildman–Crippen MR) is 232 cm³/mol. The Bertz CT molecular complexity index is 2800. The number of fused-ring (bicyclic) bond motifs is 2. The van der Waals surface area contributed by atoms with E-state index in [1.165, 1.54) is 21.9 Å². The highest BCUT2D eigenvalue weighted by molar-refractivity contribution is 6.18. The minimum atomic E-state index is -0.811. The van der Waals surface area contributed by atoms with Crippen molar-refractivity contribution in [3.8, 4) is 34.3 Å². The number of ketones is 1. The number of ether oxygens (including phenoxy) is 4. The molecular formula is C50H35N3O7. The van der Waals surface area contributed by atoms with Gasteiger partial charge in [0.1, 0.15) is 22.8 Å². The van der Waals surface area contributed by atoms with Gasteiger partial charge in [-0.1, -0.05) is 103 Å². The minimum absolute atomic E-state index is 0.0165. The van der Waals surface area contributed by atoms with E-state index < -0.39 is 18.0 Å². The summed E-state index contributed by atoms with van der Waals surface area (Å²) in [6.07, 6.45) is 0.0984. The molecule has 0 spiro atoms. The van der Waals surface area contributed by atoms with Crippen molar-refractivity contribution in [2.45, 2.75) is 0 Å². The van der Waals surface area contributed by atoms with Crippen molar-refractivity contribution in [3.05, 3.63) is 199 Å². The third-order valence-corrected chi connectivity index (χ3v) is 9.92. The molecule has 0 atom stereocenters. The van der Waals surface area contributed by atoms with Gasteiger partial charge in [0.15, 0.2) is 11.5 Å². The fourth-order valence-electron chi connectivity index (χ4n) is 7.14. The maximum absolute atomic E-state index is 14.6. The lowest BCUT2D eigenvalue weighted by Crippen LogP contribution is -2.30. The number of hydrogen-bond acceptors (Lipinski definition) is 7. The lowest BCUT2D eigenvalue weighted by molar-refractivity contribution is 0.101. The van der Waals surface area contributed by atoms with Gasteiger partial charge in [-0.05, 0) is 78.4 Å². The van der Waals surface area contributed by atoms with E-state index in [1.807, 2.05) is 97.1 Å². The molecular weight excluding hydrogens is 755 g/mol. The molecule has 0 fully saturated rings. The van der Waals surface area contributed by atoms with Crippen LogP contribution in [0.15, 0.2) is 188 Å². The van der Waals surface area contributed by atoms with E-state index in [-0.39, 0.29) is 28.6 Å². The Morgan fingerprint density at radius 1 is 0.583 bits per heavy atom. The zero-order valence-electron chi connectivity index (χ0n) is 32.2. The molecule has 0 unspecified atom stereocenters. The van der Waals surface area contributed by atoms with Crippen molar-refractivity contribution in [3.63, 3.8) is 0 Å². The Morgan fingerprint density at radius 3 is 1.60 bits per heavy atom. The van der Waals surface area contributed by atoms with Crippen molar-refractivity contribution < 1.29 is 33.3 Å². The first-order valence-electron chi connectivity index (χ1n) is 19.1. The fourth-order valence-corrected chi connectivity index (χ4v) is 7.14. The molecule has 0 aliphatic carbocycles. The van der Waals surface area contributed by atoms with Crippen LogP contribution in [0, 0.1) is 0 Å². The van der Waals surface area contributed by atoms with E-state index in [0.29, 0.717) is 34.1 Å². The zero-order chi connectivity index (χ0) is 41.0. The number of methoxy groups -OCH3 is 1. The van der Waals surface area contributed by atoms with Crippen molar-refractivity contribution >= 4 is 57.7 Å². The first-order valence-corrected chi connectivity index (χ1v) is 19.1. The number of para-hydroxylation sites is 4. The smallest absolute Gasteiger partial charge is 0.424 e. The number of anilines is 4. The Kier molecular flexibility index (Phi) is 10.1. The molecule has 292 valence electrons. The van der Waals surface area contributed by atoms with Crippen LogP contribution in [0.5, 0.6) is 23.0 Å². The van der Waals surface area contributed by atoms with Crippen LogP contribution in [0.3, 0.4) is 0 Å². The first-order chi connectivity index (χ1) is 29.4. The number of amides is 2. The van der Waals surface area contributed by atoms with Gasteiger partial charge in [0.05, 0.1) is 35.6 Å². The van der Waals surface area contributed by atoms with E-state index in [2.05, 4.69) is 4.98 Å². The number of H-pyrrole nitrogens is 1. The van der Waals surface area contributed by atoms with Crippen LogP contribution in [-0.2, 0) is 0 Å². The van der Waals surface area contributed by atoms with Crippen LogP contribution >= 0.6 is 0 Å². The molecule has 8 aromatic rings. The number of aromatic amines is 1. The van der Waals surface area contributed by atoms with E-state index >= 15 is 0 Å². The molecule has 9 rings (SSSR count). The molecule has 0 bridgehead atoms. The zero-order valence-corrected chi connectivity index (χ0v) is 32.2. The molecule has 10 heteroatoms. The Hall–Kier alpha value is -8.37. The third kappa shape index (κ3) is 7.32. The van der Waals surface area contributed by atoms with E-state index in [0.717, 1.165) is 22.2 Å². The Morgan fingerprint density at radius 2 is 1.08 bits per heavy atom. The summed E-state index contributed by atoms with van der Waals surface area (Å²) in [6.45, 7) is 0. The number of aromatic nitrogens is 1. The van der Waals surface area contributed by atoms with E-state index in [1.54, 1.807) is 86.0 Å². The molecule has 60 heavy (non-hydrogen) atoms. The maximum atomic E-state index is 14.6. The lowest BCUT2D eigenvalue weighted by atomic mass is 10.0. The van der Waals surface area contributed by atoms with Gasteiger partial charge < -0.3 is 23.9 Å². The highest BCUT2D eigenvalue weighted by Gasteiger charge is 2.35. The number of benzene rings is 7. The Balaban J connectivity index is 1.15. The molecule has 0 saturated heterocycles. The van der Waals surface area contributed by atoms with Crippen LogP contribution < -0.4 is 28.7 Å². The van der Waals surface area contributed by atoms with E-state index in [9.17, 15) is 14.4 Å². The number of carbonyl (C=O) groups is 3. The van der Waals surface area contributed by atoms with Gasteiger partial charge in [-0.3, -0.25) is 4.79 Å².